The number of hydrogen-bond acceptors (Lipinski definition) is 4. The summed E-state index contributed by atoms with van der Waals surface area (Å²) in [4.78, 5) is 19.1. The number of pyridine rings is 1. The van der Waals surface area contributed by atoms with Crippen LogP contribution >= 0.6 is 12.2 Å². The number of anilines is 1. The van der Waals surface area contributed by atoms with E-state index in [1.807, 2.05) is 55.1 Å². The van der Waals surface area contributed by atoms with Gasteiger partial charge in [-0.05, 0) is 86.2 Å². The molecular weight excluding hydrogens is 475 g/mol. The number of hydrogen-bond donors (Lipinski definition) is 1. The summed E-state index contributed by atoms with van der Waals surface area (Å²) in [6.45, 7) is 4.03. The van der Waals surface area contributed by atoms with E-state index >= 15 is 0 Å². The van der Waals surface area contributed by atoms with Gasteiger partial charge in [-0.2, -0.15) is 0 Å². The first-order valence-electron chi connectivity index (χ1n) is 11.5. The van der Waals surface area contributed by atoms with Crippen LogP contribution in [0.5, 0.6) is 0 Å². The lowest BCUT2D eigenvalue weighted by Crippen LogP contribution is -2.29. The second-order valence-corrected chi connectivity index (χ2v) is 9.03. The van der Waals surface area contributed by atoms with Crippen molar-refractivity contribution < 1.29 is 13.9 Å². The van der Waals surface area contributed by atoms with Crippen molar-refractivity contribution >= 4 is 29.0 Å². The number of ether oxygens (including phenoxy) is 1. The van der Waals surface area contributed by atoms with E-state index in [1.54, 1.807) is 24.4 Å². The fourth-order valence-corrected chi connectivity index (χ4v) is 5.31. The second kappa shape index (κ2) is 9.54. The normalized spacial score (nSPS) is 17.2. The number of halogens is 1. The maximum Gasteiger partial charge on any atom is 0.339 e. The van der Waals surface area contributed by atoms with Crippen LogP contribution in [0, 0.1) is 19.7 Å². The van der Waals surface area contributed by atoms with Crippen molar-refractivity contribution in [1.29, 1.82) is 0 Å². The first kappa shape index (κ1) is 23.7. The van der Waals surface area contributed by atoms with Crippen molar-refractivity contribution in [2.75, 3.05) is 12.0 Å². The predicted molar refractivity (Wildman–Crippen MR) is 141 cm³/mol. The van der Waals surface area contributed by atoms with Crippen molar-refractivity contribution in [3.05, 3.63) is 113 Å². The fourth-order valence-electron chi connectivity index (χ4n) is 4.96. The van der Waals surface area contributed by atoms with E-state index in [0.717, 1.165) is 34.0 Å². The second-order valence-electron chi connectivity index (χ2n) is 8.64. The van der Waals surface area contributed by atoms with Crippen molar-refractivity contribution in [2.24, 2.45) is 0 Å². The Morgan fingerprint density at radius 2 is 1.78 bits per heavy atom. The Labute approximate surface area is 214 Å². The minimum Gasteiger partial charge on any atom is -0.465 e. The van der Waals surface area contributed by atoms with Crippen LogP contribution < -0.4 is 10.2 Å². The molecule has 0 bridgehead atoms. The maximum absolute atomic E-state index is 13.8. The maximum atomic E-state index is 13.8. The molecule has 0 saturated carbocycles. The first-order valence-corrected chi connectivity index (χ1v) is 11.9. The fraction of sp³-hybridized carbons (Fsp3) is 0.179. The van der Waals surface area contributed by atoms with Crippen molar-refractivity contribution in [3.8, 4) is 5.69 Å². The van der Waals surface area contributed by atoms with Crippen molar-refractivity contribution in [1.82, 2.24) is 14.9 Å². The molecule has 0 amide bonds. The van der Waals surface area contributed by atoms with Crippen LogP contribution in [0.2, 0.25) is 0 Å². The summed E-state index contributed by atoms with van der Waals surface area (Å²) in [7, 11) is 1.38. The predicted octanol–water partition coefficient (Wildman–Crippen LogP) is 5.59. The lowest BCUT2D eigenvalue weighted by molar-refractivity contribution is 0.0600. The molecule has 5 rings (SSSR count). The molecule has 6 nitrogen and oxygen atoms in total. The Balaban J connectivity index is 1.69. The van der Waals surface area contributed by atoms with E-state index in [0.29, 0.717) is 10.7 Å². The van der Waals surface area contributed by atoms with Crippen molar-refractivity contribution in [3.63, 3.8) is 0 Å². The molecule has 1 fully saturated rings. The Morgan fingerprint density at radius 1 is 1.06 bits per heavy atom. The van der Waals surface area contributed by atoms with Crippen LogP contribution in [0.1, 0.15) is 45.1 Å². The number of para-hydroxylation sites is 1. The largest absolute Gasteiger partial charge is 0.465 e. The van der Waals surface area contributed by atoms with Gasteiger partial charge in [-0.25, -0.2) is 9.18 Å². The topological polar surface area (TPSA) is 59.4 Å². The van der Waals surface area contributed by atoms with Gasteiger partial charge < -0.3 is 19.5 Å². The number of esters is 1. The van der Waals surface area contributed by atoms with E-state index in [4.69, 9.17) is 17.0 Å². The Kier molecular flexibility index (Phi) is 6.28. The number of benzene rings is 2. The van der Waals surface area contributed by atoms with Crippen LogP contribution in [0.25, 0.3) is 5.69 Å². The molecule has 0 aliphatic carbocycles. The molecule has 0 radical (unpaired) electrons. The van der Waals surface area contributed by atoms with Gasteiger partial charge in [0.15, 0.2) is 5.11 Å². The third-order valence-corrected chi connectivity index (χ3v) is 6.86. The molecule has 8 heteroatoms. The summed E-state index contributed by atoms with van der Waals surface area (Å²) >= 11 is 5.78. The molecule has 1 aliphatic rings. The summed E-state index contributed by atoms with van der Waals surface area (Å²) in [5.74, 6) is -0.713. The van der Waals surface area contributed by atoms with E-state index < -0.39 is 5.97 Å². The standard InChI is InChI=1S/C28H25FN4O2S/c1-17-16-22(18(2)32(17)24-10-5-4-8-21(24)27(34)35-3)26-25(23-9-6-7-15-30-23)31-28(36)33(26)20-13-11-19(29)12-14-20/h4-16,25-26H,1-3H3,(H,31,36). The molecule has 4 aromatic rings. The zero-order valence-electron chi connectivity index (χ0n) is 20.1. The summed E-state index contributed by atoms with van der Waals surface area (Å²) in [6, 6.07) is 21.1. The molecule has 1 aliphatic heterocycles. The highest BCUT2D eigenvalue weighted by atomic mass is 32.1. The number of nitrogens with one attached hydrogen (secondary N) is 1. The Hall–Kier alpha value is -4.04. The molecule has 2 aromatic carbocycles. The van der Waals surface area contributed by atoms with Crippen LogP contribution in [0.3, 0.4) is 0 Å². The number of carbonyl (C=O) groups excluding carboxylic acids is 1. The summed E-state index contributed by atoms with van der Waals surface area (Å²) < 4.78 is 20.8. The Morgan fingerprint density at radius 3 is 2.47 bits per heavy atom. The monoisotopic (exact) mass is 500 g/mol. The minimum absolute atomic E-state index is 0.242. The smallest absolute Gasteiger partial charge is 0.339 e. The molecule has 2 aromatic heterocycles. The Bertz CT molecular complexity index is 1440. The molecule has 36 heavy (non-hydrogen) atoms. The number of carbonyl (C=O) groups is 1. The number of rotatable bonds is 5. The minimum atomic E-state index is -0.400. The average molecular weight is 501 g/mol. The lowest BCUT2D eigenvalue weighted by atomic mass is 9.96. The molecule has 1 saturated heterocycles. The molecule has 0 spiro atoms. The van der Waals surface area contributed by atoms with Gasteiger partial charge in [-0.1, -0.05) is 18.2 Å². The first-order chi connectivity index (χ1) is 17.4. The van der Waals surface area contributed by atoms with Crippen LogP contribution in [-0.2, 0) is 4.74 Å². The summed E-state index contributed by atoms with van der Waals surface area (Å²) in [6.07, 6.45) is 1.76. The van der Waals surface area contributed by atoms with Gasteiger partial charge >= 0.3 is 5.97 Å². The van der Waals surface area contributed by atoms with Crippen LogP contribution in [0.4, 0.5) is 10.1 Å². The number of thiocarbonyl (C=S) groups is 1. The van der Waals surface area contributed by atoms with Crippen molar-refractivity contribution in [2.45, 2.75) is 25.9 Å². The van der Waals surface area contributed by atoms with E-state index in [9.17, 15) is 9.18 Å². The molecule has 1 N–H and O–H groups in total. The summed E-state index contributed by atoms with van der Waals surface area (Å²) in [5.41, 5.74) is 5.75. The average Bonchev–Trinajstić information content (AvgIpc) is 3.39. The number of methoxy groups -OCH3 is 1. The zero-order valence-corrected chi connectivity index (χ0v) is 20.9. The van der Waals surface area contributed by atoms with E-state index in [1.165, 1.54) is 19.2 Å². The van der Waals surface area contributed by atoms with Gasteiger partial charge in [0.05, 0.1) is 36.1 Å². The van der Waals surface area contributed by atoms with Gasteiger partial charge in [0.1, 0.15) is 5.82 Å². The van der Waals surface area contributed by atoms with E-state index in [-0.39, 0.29) is 17.9 Å². The SMILES string of the molecule is COC(=O)c1ccccc1-n1c(C)cc(C2C(c3ccccn3)NC(=S)N2c2ccc(F)cc2)c1C. The van der Waals surface area contributed by atoms with E-state index in [2.05, 4.69) is 20.9 Å². The molecule has 3 heterocycles. The van der Waals surface area contributed by atoms with Crippen LogP contribution in [0.15, 0.2) is 79.0 Å². The third kappa shape index (κ3) is 4.03. The highest BCUT2D eigenvalue weighted by molar-refractivity contribution is 7.80. The molecule has 2 unspecified atom stereocenters. The van der Waals surface area contributed by atoms with Gasteiger partial charge in [0.25, 0.3) is 0 Å². The number of aryl methyl sites for hydroxylation is 1. The molecule has 182 valence electrons. The molecule has 2 atom stereocenters. The van der Waals surface area contributed by atoms with Gasteiger partial charge in [0, 0.05) is 23.3 Å². The van der Waals surface area contributed by atoms with Gasteiger partial charge in [-0.3, -0.25) is 4.98 Å². The quantitative estimate of drug-likeness (QED) is 0.285. The highest BCUT2D eigenvalue weighted by Crippen LogP contribution is 2.43. The highest BCUT2D eigenvalue weighted by Gasteiger charge is 2.42. The summed E-state index contributed by atoms with van der Waals surface area (Å²) in [5, 5.41) is 3.96. The molecular formula is C28H25FN4O2S. The van der Waals surface area contributed by atoms with Gasteiger partial charge in [0.2, 0.25) is 0 Å². The van der Waals surface area contributed by atoms with Gasteiger partial charge in [-0.15, -0.1) is 0 Å². The zero-order chi connectivity index (χ0) is 25.4. The third-order valence-electron chi connectivity index (χ3n) is 6.54. The number of nitrogens with zero attached hydrogens (tertiary/aromatic N) is 3. The van der Waals surface area contributed by atoms with Crippen LogP contribution in [-0.4, -0.2) is 27.7 Å². The lowest BCUT2D eigenvalue weighted by Gasteiger charge is -2.28. The number of aromatic nitrogens is 2.